The van der Waals surface area contributed by atoms with E-state index in [2.05, 4.69) is 0 Å². The van der Waals surface area contributed by atoms with Crippen LogP contribution in [0.2, 0.25) is 0 Å². The van der Waals surface area contributed by atoms with E-state index in [0.29, 0.717) is 6.42 Å². The molecule has 0 radical (unpaired) electrons. The Hall–Kier alpha value is -1.26. The molecule has 0 aromatic heterocycles. The second kappa shape index (κ2) is 6.24. The minimum Gasteiger partial charge on any atom is -0.481 e. The number of rotatable bonds is 3. The maximum absolute atomic E-state index is 12.8. The maximum Gasteiger partial charge on any atom is 0.320 e. The first kappa shape index (κ1) is 14.7. The number of carboxylic acid groups (broad SMARTS) is 1. The molecular weight excluding hydrogens is 268 g/mol. The average molecular weight is 294 g/mol. The van der Waals surface area contributed by atoms with Gasteiger partial charge in [-0.1, -0.05) is 6.42 Å². The van der Waals surface area contributed by atoms with E-state index in [1.807, 2.05) is 9.80 Å². The molecule has 3 atom stereocenters. The molecule has 5 heteroatoms. The van der Waals surface area contributed by atoms with E-state index in [1.54, 1.807) is 0 Å². The number of fused-ring (bicyclic) bond motifs is 1. The summed E-state index contributed by atoms with van der Waals surface area (Å²) < 4.78 is 0. The van der Waals surface area contributed by atoms with Gasteiger partial charge < -0.3 is 14.9 Å². The molecule has 0 aromatic rings. The lowest BCUT2D eigenvalue weighted by Gasteiger charge is -2.38. The fourth-order valence-electron chi connectivity index (χ4n) is 4.42. The maximum atomic E-state index is 12.8. The number of aliphatic carboxylic acids is 1. The summed E-state index contributed by atoms with van der Waals surface area (Å²) in [6, 6.07) is 0.294. The molecule has 3 aliphatic rings. The van der Waals surface area contributed by atoms with Crippen molar-refractivity contribution in [2.24, 2.45) is 11.8 Å². The molecule has 0 aromatic carbocycles. The van der Waals surface area contributed by atoms with Gasteiger partial charge >= 0.3 is 12.0 Å². The van der Waals surface area contributed by atoms with Crippen molar-refractivity contribution in [3.63, 3.8) is 0 Å². The number of urea groups is 1. The second-order valence-electron chi connectivity index (χ2n) is 6.91. The van der Waals surface area contributed by atoms with Gasteiger partial charge in [0, 0.05) is 32.1 Å². The second-order valence-corrected chi connectivity index (χ2v) is 6.91. The lowest BCUT2D eigenvalue weighted by molar-refractivity contribution is -0.137. The zero-order valence-corrected chi connectivity index (χ0v) is 12.7. The summed E-state index contributed by atoms with van der Waals surface area (Å²) in [6.07, 6.45) is 7.76. The molecule has 1 saturated carbocycles. The van der Waals surface area contributed by atoms with E-state index in [-0.39, 0.29) is 18.5 Å². The molecule has 3 fully saturated rings. The molecule has 2 heterocycles. The van der Waals surface area contributed by atoms with E-state index < -0.39 is 5.97 Å². The molecule has 21 heavy (non-hydrogen) atoms. The summed E-state index contributed by atoms with van der Waals surface area (Å²) in [5, 5.41) is 8.88. The molecule has 5 nitrogen and oxygen atoms in total. The monoisotopic (exact) mass is 294 g/mol. The topological polar surface area (TPSA) is 60.9 Å². The lowest BCUT2D eigenvalue weighted by Crippen LogP contribution is -2.50. The van der Waals surface area contributed by atoms with Gasteiger partial charge in [0.25, 0.3) is 0 Å². The van der Waals surface area contributed by atoms with Crippen LogP contribution in [0.1, 0.15) is 51.4 Å². The third-order valence-electron chi connectivity index (χ3n) is 5.56. The first-order valence-corrected chi connectivity index (χ1v) is 8.42. The van der Waals surface area contributed by atoms with Gasteiger partial charge in [0.05, 0.1) is 0 Å². The van der Waals surface area contributed by atoms with Crippen LogP contribution in [0.25, 0.3) is 0 Å². The SMILES string of the molecule is O=C(O)CCC1CCCCN1C(=O)N1CC2CCCC2C1. The van der Waals surface area contributed by atoms with E-state index in [1.165, 1.54) is 19.3 Å². The van der Waals surface area contributed by atoms with E-state index >= 15 is 0 Å². The first-order chi connectivity index (χ1) is 10.1. The number of carbonyl (C=O) groups is 2. The number of likely N-dealkylation sites (tertiary alicyclic amines) is 2. The number of hydrogen-bond acceptors (Lipinski definition) is 2. The predicted molar refractivity (Wildman–Crippen MR) is 79.0 cm³/mol. The summed E-state index contributed by atoms with van der Waals surface area (Å²) >= 11 is 0. The molecule has 2 amide bonds. The number of hydrogen-bond donors (Lipinski definition) is 1. The van der Waals surface area contributed by atoms with Crippen molar-refractivity contribution < 1.29 is 14.7 Å². The van der Waals surface area contributed by atoms with Crippen molar-refractivity contribution >= 4 is 12.0 Å². The third-order valence-corrected chi connectivity index (χ3v) is 5.56. The summed E-state index contributed by atoms with van der Waals surface area (Å²) in [5.74, 6) is 0.677. The highest BCUT2D eigenvalue weighted by Crippen LogP contribution is 2.38. The van der Waals surface area contributed by atoms with Crippen molar-refractivity contribution in [3.8, 4) is 0 Å². The Morgan fingerprint density at radius 3 is 2.38 bits per heavy atom. The van der Waals surface area contributed by atoms with Crippen LogP contribution in [0.4, 0.5) is 4.79 Å². The molecule has 0 bridgehead atoms. The van der Waals surface area contributed by atoms with E-state index in [9.17, 15) is 9.59 Å². The number of carbonyl (C=O) groups excluding carboxylic acids is 1. The predicted octanol–water partition coefficient (Wildman–Crippen LogP) is 2.56. The van der Waals surface area contributed by atoms with Gasteiger partial charge in [0.15, 0.2) is 0 Å². The van der Waals surface area contributed by atoms with Crippen molar-refractivity contribution in [2.45, 2.75) is 57.4 Å². The molecule has 3 unspecified atom stereocenters. The number of nitrogens with zero attached hydrogens (tertiary/aromatic N) is 2. The Balaban J connectivity index is 1.60. The lowest BCUT2D eigenvalue weighted by atomic mass is 9.98. The standard InChI is InChI=1S/C16H26N2O3/c19-15(20)8-7-14-6-1-2-9-18(14)16(21)17-10-12-4-3-5-13(12)11-17/h12-14H,1-11H2,(H,19,20). The van der Waals surface area contributed by atoms with Crippen molar-refractivity contribution in [2.75, 3.05) is 19.6 Å². The van der Waals surface area contributed by atoms with Crippen LogP contribution in [-0.2, 0) is 4.79 Å². The van der Waals surface area contributed by atoms with E-state index in [4.69, 9.17) is 5.11 Å². The van der Waals surface area contributed by atoms with Crippen LogP contribution in [0.15, 0.2) is 0 Å². The highest BCUT2D eigenvalue weighted by molar-refractivity contribution is 5.75. The summed E-state index contributed by atoms with van der Waals surface area (Å²) in [6.45, 7) is 2.65. The van der Waals surface area contributed by atoms with Crippen LogP contribution in [0.5, 0.6) is 0 Å². The van der Waals surface area contributed by atoms with Crippen LogP contribution in [0.3, 0.4) is 0 Å². The van der Waals surface area contributed by atoms with Crippen molar-refractivity contribution in [1.29, 1.82) is 0 Å². The number of piperidine rings is 1. The smallest absolute Gasteiger partial charge is 0.320 e. The number of carboxylic acids is 1. The zero-order valence-electron chi connectivity index (χ0n) is 12.7. The molecule has 2 aliphatic heterocycles. The molecule has 2 saturated heterocycles. The Labute approximate surface area is 126 Å². The van der Waals surface area contributed by atoms with Gasteiger partial charge in [0.1, 0.15) is 0 Å². The van der Waals surface area contributed by atoms with Crippen LogP contribution >= 0.6 is 0 Å². The summed E-state index contributed by atoms with van der Waals surface area (Å²) in [7, 11) is 0. The Morgan fingerprint density at radius 2 is 1.71 bits per heavy atom. The Kier molecular flexibility index (Phi) is 4.36. The van der Waals surface area contributed by atoms with Gasteiger partial charge in [-0.2, -0.15) is 0 Å². The van der Waals surface area contributed by atoms with E-state index in [0.717, 1.165) is 50.7 Å². The Morgan fingerprint density at radius 1 is 1.00 bits per heavy atom. The molecule has 3 rings (SSSR count). The number of amides is 2. The van der Waals surface area contributed by atoms with Crippen LogP contribution < -0.4 is 0 Å². The van der Waals surface area contributed by atoms with Gasteiger partial charge in [-0.05, 0) is 50.4 Å². The fraction of sp³-hybridized carbons (Fsp3) is 0.875. The minimum atomic E-state index is -0.760. The molecule has 1 aliphatic carbocycles. The quantitative estimate of drug-likeness (QED) is 0.870. The fourth-order valence-corrected chi connectivity index (χ4v) is 4.42. The average Bonchev–Trinajstić information content (AvgIpc) is 3.05. The highest BCUT2D eigenvalue weighted by atomic mass is 16.4. The van der Waals surface area contributed by atoms with Crippen LogP contribution in [-0.4, -0.2) is 52.6 Å². The van der Waals surface area contributed by atoms with Gasteiger partial charge in [-0.25, -0.2) is 4.79 Å². The van der Waals surface area contributed by atoms with Gasteiger partial charge in [-0.3, -0.25) is 4.79 Å². The van der Waals surface area contributed by atoms with Crippen LogP contribution in [0, 0.1) is 11.8 Å². The zero-order chi connectivity index (χ0) is 14.8. The van der Waals surface area contributed by atoms with Gasteiger partial charge in [0.2, 0.25) is 0 Å². The highest BCUT2D eigenvalue weighted by Gasteiger charge is 2.40. The largest absolute Gasteiger partial charge is 0.481 e. The Bertz CT molecular complexity index is 400. The summed E-state index contributed by atoms with van der Waals surface area (Å²) in [5.41, 5.74) is 0. The van der Waals surface area contributed by atoms with Crippen molar-refractivity contribution in [1.82, 2.24) is 9.80 Å². The third kappa shape index (κ3) is 3.16. The van der Waals surface area contributed by atoms with Gasteiger partial charge in [-0.15, -0.1) is 0 Å². The normalized spacial score (nSPS) is 32.3. The molecule has 118 valence electrons. The summed E-state index contributed by atoms with van der Waals surface area (Å²) in [4.78, 5) is 27.6. The minimum absolute atomic E-state index is 0.128. The first-order valence-electron chi connectivity index (χ1n) is 8.42. The molecular formula is C16H26N2O3. The molecule has 1 N–H and O–H groups in total. The van der Waals surface area contributed by atoms with Crippen molar-refractivity contribution in [3.05, 3.63) is 0 Å². The molecule has 0 spiro atoms.